The molecular weight excluding hydrogens is 391 g/mol. The molecule has 3 rings (SSSR count). The maximum atomic E-state index is 13.3. The van der Waals surface area contributed by atoms with Crippen molar-refractivity contribution in [2.24, 2.45) is 0 Å². The smallest absolute Gasteiger partial charge is 0.416 e. The number of hydrogen-bond acceptors (Lipinski definition) is 2. The Labute approximate surface area is 164 Å². The van der Waals surface area contributed by atoms with E-state index in [1.807, 2.05) is 6.92 Å². The Balaban J connectivity index is 2.02. The van der Waals surface area contributed by atoms with Crippen molar-refractivity contribution in [3.05, 3.63) is 82.4 Å². The number of phenols is 1. The summed E-state index contributed by atoms with van der Waals surface area (Å²) in [5, 5.41) is 12.4. The molecule has 0 bridgehead atoms. The van der Waals surface area contributed by atoms with Crippen LogP contribution < -0.4 is 5.32 Å². The second-order valence-electron chi connectivity index (χ2n) is 6.28. The average molecular weight is 406 g/mol. The molecule has 2 N–H and O–H groups in total. The van der Waals surface area contributed by atoms with Gasteiger partial charge in [-0.15, -0.1) is 0 Å². The molecule has 0 fully saturated rings. The first-order valence-electron chi connectivity index (χ1n) is 8.23. The summed E-state index contributed by atoms with van der Waals surface area (Å²) in [4.78, 5) is 12.4. The van der Waals surface area contributed by atoms with E-state index in [1.165, 1.54) is 24.3 Å². The lowest BCUT2D eigenvalue weighted by Gasteiger charge is -2.14. The van der Waals surface area contributed by atoms with Crippen molar-refractivity contribution in [1.82, 2.24) is 0 Å². The van der Waals surface area contributed by atoms with Gasteiger partial charge in [-0.2, -0.15) is 13.2 Å². The molecule has 1 amide bonds. The average Bonchev–Trinajstić information content (AvgIpc) is 2.63. The van der Waals surface area contributed by atoms with Crippen LogP contribution in [0.1, 0.15) is 21.5 Å². The number of aryl methyl sites for hydroxylation is 1. The van der Waals surface area contributed by atoms with E-state index in [0.717, 1.165) is 17.7 Å². The summed E-state index contributed by atoms with van der Waals surface area (Å²) >= 11 is 5.83. The largest absolute Gasteiger partial charge is 0.507 e. The summed E-state index contributed by atoms with van der Waals surface area (Å²) < 4.78 is 40.0. The van der Waals surface area contributed by atoms with Gasteiger partial charge in [0.25, 0.3) is 5.91 Å². The number of carbonyl (C=O) groups is 1. The van der Waals surface area contributed by atoms with Gasteiger partial charge >= 0.3 is 6.18 Å². The lowest BCUT2D eigenvalue weighted by atomic mass is 10.0. The molecule has 3 aromatic carbocycles. The van der Waals surface area contributed by atoms with Gasteiger partial charge in [0.15, 0.2) is 0 Å². The Morgan fingerprint density at radius 2 is 1.64 bits per heavy atom. The minimum atomic E-state index is -4.58. The summed E-state index contributed by atoms with van der Waals surface area (Å²) in [5.41, 5.74) is 0.784. The molecule has 0 radical (unpaired) electrons. The Hall–Kier alpha value is -2.99. The molecular formula is C21H15ClF3NO2. The number of carbonyl (C=O) groups excluding carboxylic acids is 1. The van der Waals surface area contributed by atoms with Crippen LogP contribution in [0.2, 0.25) is 5.02 Å². The molecule has 0 aromatic heterocycles. The lowest BCUT2D eigenvalue weighted by Crippen LogP contribution is -2.13. The third kappa shape index (κ3) is 4.46. The molecule has 0 heterocycles. The highest BCUT2D eigenvalue weighted by Crippen LogP contribution is 2.35. The van der Waals surface area contributed by atoms with Gasteiger partial charge in [-0.05, 0) is 54.4 Å². The van der Waals surface area contributed by atoms with Gasteiger partial charge in [-0.25, -0.2) is 0 Å². The second-order valence-corrected chi connectivity index (χ2v) is 6.71. The number of anilines is 1. The van der Waals surface area contributed by atoms with Crippen molar-refractivity contribution in [3.63, 3.8) is 0 Å². The van der Waals surface area contributed by atoms with E-state index in [2.05, 4.69) is 5.32 Å². The standard InChI is InChI=1S/C21H15ClF3NO2/c1-12-2-4-13(5-3-12)14-8-15(21(23,24)25)10-17(9-14)26-20(28)18-11-16(22)6-7-19(18)27/h2-11,27H,1H3,(H,26,28). The Morgan fingerprint density at radius 3 is 2.29 bits per heavy atom. The fourth-order valence-electron chi connectivity index (χ4n) is 2.66. The van der Waals surface area contributed by atoms with Crippen LogP contribution in [0.3, 0.4) is 0 Å². The number of rotatable bonds is 3. The first-order valence-corrected chi connectivity index (χ1v) is 8.60. The summed E-state index contributed by atoms with van der Waals surface area (Å²) in [5.74, 6) is -1.10. The number of hydrogen-bond donors (Lipinski definition) is 2. The van der Waals surface area contributed by atoms with Gasteiger partial charge in [0, 0.05) is 10.7 Å². The number of alkyl halides is 3. The summed E-state index contributed by atoms with van der Waals surface area (Å²) in [7, 11) is 0. The number of phenolic OH excluding ortho intramolecular Hbond substituents is 1. The normalized spacial score (nSPS) is 11.3. The van der Waals surface area contributed by atoms with Crippen LogP contribution in [-0.2, 0) is 6.18 Å². The van der Waals surface area contributed by atoms with Gasteiger partial charge in [0.1, 0.15) is 5.75 Å². The molecule has 3 aromatic rings. The van der Waals surface area contributed by atoms with E-state index < -0.39 is 17.6 Å². The first kappa shape index (κ1) is 19.8. The number of amides is 1. The van der Waals surface area contributed by atoms with Crippen molar-refractivity contribution < 1.29 is 23.1 Å². The predicted molar refractivity (Wildman–Crippen MR) is 103 cm³/mol. The lowest BCUT2D eigenvalue weighted by molar-refractivity contribution is -0.137. The molecule has 0 spiro atoms. The monoisotopic (exact) mass is 405 g/mol. The first-order chi connectivity index (χ1) is 13.1. The van der Waals surface area contributed by atoms with E-state index in [9.17, 15) is 23.1 Å². The molecule has 3 nitrogen and oxygen atoms in total. The van der Waals surface area contributed by atoms with Crippen molar-refractivity contribution >= 4 is 23.2 Å². The van der Waals surface area contributed by atoms with E-state index >= 15 is 0 Å². The fourth-order valence-corrected chi connectivity index (χ4v) is 2.84. The fraction of sp³-hybridized carbons (Fsp3) is 0.0952. The number of aromatic hydroxyl groups is 1. The van der Waals surface area contributed by atoms with Crippen LogP contribution in [0.5, 0.6) is 5.75 Å². The molecule has 0 aliphatic rings. The molecule has 0 unspecified atom stereocenters. The minimum Gasteiger partial charge on any atom is -0.507 e. The molecule has 0 aliphatic heterocycles. The molecule has 28 heavy (non-hydrogen) atoms. The molecule has 7 heteroatoms. The molecule has 0 atom stereocenters. The summed E-state index contributed by atoms with van der Waals surface area (Å²) in [6.07, 6.45) is -4.58. The van der Waals surface area contributed by atoms with E-state index in [4.69, 9.17) is 11.6 Å². The minimum absolute atomic E-state index is 0.0465. The van der Waals surface area contributed by atoms with Crippen molar-refractivity contribution in [2.75, 3.05) is 5.32 Å². The van der Waals surface area contributed by atoms with Crippen molar-refractivity contribution in [1.29, 1.82) is 0 Å². The third-order valence-corrected chi connectivity index (χ3v) is 4.34. The molecule has 0 aliphatic carbocycles. The Morgan fingerprint density at radius 1 is 0.964 bits per heavy atom. The van der Waals surface area contributed by atoms with E-state index in [0.29, 0.717) is 11.1 Å². The Kier molecular flexibility index (Phi) is 5.34. The predicted octanol–water partition coefficient (Wildman–Crippen LogP) is 6.29. The Bertz CT molecular complexity index is 1030. The van der Waals surface area contributed by atoms with Gasteiger partial charge in [0.2, 0.25) is 0 Å². The van der Waals surface area contributed by atoms with Gasteiger partial charge < -0.3 is 10.4 Å². The molecule has 0 saturated carbocycles. The highest BCUT2D eigenvalue weighted by molar-refractivity contribution is 6.31. The van der Waals surface area contributed by atoms with Crippen molar-refractivity contribution in [2.45, 2.75) is 13.1 Å². The van der Waals surface area contributed by atoms with Crippen LogP contribution in [0.4, 0.5) is 18.9 Å². The zero-order chi connectivity index (χ0) is 20.5. The van der Waals surface area contributed by atoms with Crippen LogP contribution in [0.15, 0.2) is 60.7 Å². The summed E-state index contributed by atoms with van der Waals surface area (Å²) in [6.45, 7) is 1.87. The molecule has 144 valence electrons. The zero-order valence-corrected chi connectivity index (χ0v) is 15.4. The molecule has 0 saturated heterocycles. The maximum Gasteiger partial charge on any atom is 0.416 e. The zero-order valence-electron chi connectivity index (χ0n) is 14.6. The SMILES string of the molecule is Cc1ccc(-c2cc(NC(=O)c3cc(Cl)ccc3O)cc(C(F)(F)F)c2)cc1. The van der Waals surface area contributed by atoms with Crippen LogP contribution >= 0.6 is 11.6 Å². The third-order valence-electron chi connectivity index (χ3n) is 4.11. The summed E-state index contributed by atoms with van der Waals surface area (Å²) in [6, 6.07) is 14.2. The highest BCUT2D eigenvalue weighted by Gasteiger charge is 2.31. The quantitative estimate of drug-likeness (QED) is 0.537. The highest BCUT2D eigenvalue weighted by atomic mass is 35.5. The van der Waals surface area contributed by atoms with Crippen LogP contribution in [0.25, 0.3) is 11.1 Å². The van der Waals surface area contributed by atoms with Gasteiger partial charge in [0.05, 0.1) is 11.1 Å². The number of benzene rings is 3. The van der Waals surface area contributed by atoms with E-state index in [-0.39, 0.29) is 22.0 Å². The van der Waals surface area contributed by atoms with E-state index in [1.54, 1.807) is 24.3 Å². The number of nitrogens with one attached hydrogen (secondary N) is 1. The van der Waals surface area contributed by atoms with Crippen LogP contribution in [0, 0.1) is 6.92 Å². The van der Waals surface area contributed by atoms with Crippen molar-refractivity contribution in [3.8, 4) is 16.9 Å². The van der Waals surface area contributed by atoms with Crippen LogP contribution in [-0.4, -0.2) is 11.0 Å². The second kappa shape index (κ2) is 7.56. The number of halogens is 4. The maximum absolute atomic E-state index is 13.3. The van der Waals surface area contributed by atoms with Gasteiger partial charge in [-0.1, -0.05) is 41.4 Å². The van der Waals surface area contributed by atoms with Gasteiger partial charge in [-0.3, -0.25) is 4.79 Å². The topological polar surface area (TPSA) is 49.3 Å².